The van der Waals surface area contributed by atoms with Crippen LogP contribution in [-0.2, 0) is 17.4 Å². The summed E-state index contributed by atoms with van der Waals surface area (Å²) in [6, 6.07) is 11.3. The van der Waals surface area contributed by atoms with Crippen LogP contribution in [0, 0.1) is 0 Å². The van der Waals surface area contributed by atoms with Crippen molar-refractivity contribution in [3.63, 3.8) is 0 Å². The number of nitrogens with one attached hydrogen (secondary N) is 2. The molecule has 2 aromatic carbocycles. The number of alkyl halides is 3. The molecule has 0 atom stereocenters. The number of hydrogen-bond donors (Lipinski definition) is 2. The standard InChI is InChI=1S/C21H23F3N2O3/c1-14(2)29-18-9-5-16(6-10-18)20(28)26-13-19(27)25-12-11-15-3-7-17(8-4-15)21(22,23)24/h3-10,14H,11-13H2,1-2H3,(H,25,27)(H,26,28). The minimum atomic E-state index is -4.37. The SMILES string of the molecule is CC(C)Oc1ccc(C(=O)NCC(=O)NCCc2ccc(C(F)(F)F)cc2)cc1. The van der Waals surface area contributed by atoms with E-state index in [1.807, 2.05) is 13.8 Å². The van der Waals surface area contributed by atoms with Gasteiger partial charge in [0.05, 0.1) is 18.2 Å². The smallest absolute Gasteiger partial charge is 0.416 e. The van der Waals surface area contributed by atoms with Gasteiger partial charge in [-0.05, 0) is 62.2 Å². The van der Waals surface area contributed by atoms with E-state index in [-0.39, 0.29) is 31.0 Å². The lowest BCUT2D eigenvalue weighted by molar-refractivity contribution is -0.137. The second-order valence-corrected chi connectivity index (χ2v) is 6.67. The van der Waals surface area contributed by atoms with Crippen molar-refractivity contribution in [3.05, 3.63) is 65.2 Å². The molecular formula is C21H23F3N2O3. The number of ether oxygens (including phenoxy) is 1. The summed E-state index contributed by atoms with van der Waals surface area (Å²) in [5.74, 6) is -0.124. The van der Waals surface area contributed by atoms with Crippen molar-refractivity contribution in [1.29, 1.82) is 0 Å². The van der Waals surface area contributed by atoms with E-state index in [1.165, 1.54) is 12.1 Å². The van der Waals surface area contributed by atoms with Gasteiger partial charge in [-0.15, -0.1) is 0 Å². The van der Waals surface area contributed by atoms with Crippen molar-refractivity contribution >= 4 is 11.8 Å². The fourth-order valence-corrected chi connectivity index (χ4v) is 2.49. The van der Waals surface area contributed by atoms with Crippen LogP contribution in [0.15, 0.2) is 48.5 Å². The molecular weight excluding hydrogens is 385 g/mol. The molecule has 0 saturated heterocycles. The molecule has 2 amide bonds. The highest BCUT2D eigenvalue weighted by Gasteiger charge is 2.29. The molecule has 0 fully saturated rings. The Bertz CT molecular complexity index is 817. The quantitative estimate of drug-likeness (QED) is 0.702. The van der Waals surface area contributed by atoms with Gasteiger partial charge in [-0.25, -0.2) is 0 Å². The summed E-state index contributed by atoms with van der Waals surface area (Å²) in [7, 11) is 0. The lowest BCUT2D eigenvalue weighted by Gasteiger charge is -2.10. The summed E-state index contributed by atoms with van der Waals surface area (Å²) in [5.41, 5.74) is 0.363. The number of benzene rings is 2. The van der Waals surface area contributed by atoms with Crippen molar-refractivity contribution in [3.8, 4) is 5.75 Å². The van der Waals surface area contributed by atoms with Gasteiger partial charge in [0.15, 0.2) is 0 Å². The molecule has 0 heterocycles. The fourth-order valence-electron chi connectivity index (χ4n) is 2.49. The van der Waals surface area contributed by atoms with Crippen LogP contribution < -0.4 is 15.4 Å². The van der Waals surface area contributed by atoms with Gasteiger partial charge in [0, 0.05) is 12.1 Å². The molecule has 0 radical (unpaired) electrons. The Labute approximate surface area is 167 Å². The number of hydrogen-bond acceptors (Lipinski definition) is 3. The van der Waals surface area contributed by atoms with Gasteiger partial charge in [-0.2, -0.15) is 13.2 Å². The molecule has 2 aromatic rings. The number of halogens is 3. The summed E-state index contributed by atoms with van der Waals surface area (Å²) in [6.45, 7) is 3.85. The van der Waals surface area contributed by atoms with E-state index < -0.39 is 11.7 Å². The Morgan fingerprint density at radius 3 is 2.14 bits per heavy atom. The lowest BCUT2D eigenvalue weighted by atomic mass is 10.1. The molecule has 0 aliphatic carbocycles. The van der Waals surface area contributed by atoms with Crippen LogP contribution in [0.4, 0.5) is 13.2 Å². The van der Waals surface area contributed by atoms with Gasteiger partial charge in [0.25, 0.3) is 5.91 Å². The van der Waals surface area contributed by atoms with Crippen molar-refractivity contribution < 1.29 is 27.5 Å². The van der Waals surface area contributed by atoms with Crippen LogP contribution in [0.1, 0.15) is 35.3 Å². The molecule has 0 aliphatic heterocycles. The van der Waals surface area contributed by atoms with Crippen LogP contribution in [0.25, 0.3) is 0 Å². The van der Waals surface area contributed by atoms with Crippen LogP contribution in [0.3, 0.4) is 0 Å². The van der Waals surface area contributed by atoms with Crippen molar-refractivity contribution in [2.24, 2.45) is 0 Å². The van der Waals surface area contributed by atoms with Crippen LogP contribution in [0.2, 0.25) is 0 Å². The molecule has 0 aliphatic rings. The summed E-state index contributed by atoms with van der Waals surface area (Å²) < 4.78 is 43.1. The largest absolute Gasteiger partial charge is 0.491 e. The van der Waals surface area contributed by atoms with E-state index in [4.69, 9.17) is 4.74 Å². The Morgan fingerprint density at radius 2 is 1.59 bits per heavy atom. The number of carbonyl (C=O) groups is 2. The fraction of sp³-hybridized carbons (Fsp3) is 0.333. The third-order valence-electron chi connectivity index (χ3n) is 3.91. The van der Waals surface area contributed by atoms with Crippen LogP contribution in [0.5, 0.6) is 5.75 Å². The zero-order chi connectivity index (χ0) is 21.4. The molecule has 8 heteroatoms. The second-order valence-electron chi connectivity index (χ2n) is 6.67. The van der Waals surface area contributed by atoms with E-state index in [0.717, 1.165) is 12.1 Å². The second kappa shape index (κ2) is 9.95. The summed E-state index contributed by atoms with van der Waals surface area (Å²) in [4.78, 5) is 23.9. The normalized spacial score (nSPS) is 11.2. The van der Waals surface area contributed by atoms with E-state index in [1.54, 1.807) is 24.3 Å². The Hall–Kier alpha value is -3.03. The van der Waals surface area contributed by atoms with E-state index >= 15 is 0 Å². The van der Waals surface area contributed by atoms with Gasteiger partial charge < -0.3 is 15.4 Å². The maximum atomic E-state index is 12.5. The van der Waals surface area contributed by atoms with Crippen molar-refractivity contribution in [1.82, 2.24) is 10.6 Å². The highest BCUT2D eigenvalue weighted by Crippen LogP contribution is 2.29. The first-order chi connectivity index (χ1) is 13.6. The molecule has 5 nitrogen and oxygen atoms in total. The summed E-state index contributed by atoms with van der Waals surface area (Å²) >= 11 is 0. The first-order valence-corrected chi connectivity index (χ1v) is 9.13. The van der Waals surface area contributed by atoms with E-state index in [0.29, 0.717) is 23.3 Å². The lowest BCUT2D eigenvalue weighted by Crippen LogP contribution is -2.37. The first kappa shape index (κ1) is 22.3. The minimum absolute atomic E-state index is 0.0287. The molecule has 156 valence electrons. The maximum Gasteiger partial charge on any atom is 0.416 e. The average molecular weight is 408 g/mol. The maximum absolute atomic E-state index is 12.5. The molecule has 0 aromatic heterocycles. The van der Waals surface area contributed by atoms with E-state index in [2.05, 4.69) is 10.6 Å². The van der Waals surface area contributed by atoms with Gasteiger partial charge in [-0.3, -0.25) is 9.59 Å². The predicted molar refractivity (Wildman–Crippen MR) is 103 cm³/mol. The molecule has 0 spiro atoms. The minimum Gasteiger partial charge on any atom is -0.491 e. The Balaban J connectivity index is 1.72. The molecule has 2 N–H and O–H groups in total. The first-order valence-electron chi connectivity index (χ1n) is 9.13. The monoisotopic (exact) mass is 408 g/mol. The average Bonchev–Trinajstić information content (AvgIpc) is 2.66. The van der Waals surface area contributed by atoms with E-state index in [9.17, 15) is 22.8 Å². The molecule has 0 unspecified atom stereocenters. The van der Waals surface area contributed by atoms with Crippen LogP contribution >= 0.6 is 0 Å². The zero-order valence-corrected chi connectivity index (χ0v) is 16.2. The number of amides is 2. The molecule has 0 saturated carbocycles. The van der Waals surface area contributed by atoms with Gasteiger partial charge in [0.1, 0.15) is 5.75 Å². The topological polar surface area (TPSA) is 67.4 Å². The highest BCUT2D eigenvalue weighted by atomic mass is 19.4. The Kier molecular flexibility index (Phi) is 7.64. The Morgan fingerprint density at radius 1 is 0.966 bits per heavy atom. The van der Waals surface area contributed by atoms with Gasteiger partial charge in [0.2, 0.25) is 5.91 Å². The molecule has 2 rings (SSSR count). The third-order valence-corrected chi connectivity index (χ3v) is 3.91. The summed E-state index contributed by atoms with van der Waals surface area (Å²) in [6.07, 6.45) is -3.96. The summed E-state index contributed by atoms with van der Waals surface area (Å²) in [5, 5.41) is 5.13. The van der Waals surface area contributed by atoms with Crippen molar-refractivity contribution in [2.75, 3.05) is 13.1 Å². The van der Waals surface area contributed by atoms with Crippen LogP contribution in [-0.4, -0.2) is 31.0 Å². The highest BCUT2D eigenvalue weighted by molar-refractivity contribution is 5.96. The van der Waals surface area contributed by atoms with Gasteiger partial charge >= 0.3 is 6.18 Å². The van der Waals surface area contributed by atoms with Crippen molar-refractivity contribution in [2.45, 2.75) is 32.5 Å². The molecule has 29 heavy (non-hydrogen) atoms. The zero-order valence-electron chi connectivity index (χ0n) is 16.2. The predicted octanol–water partition coefficient (Wildman–Crippen LogP) is 3.58. The number of rotatable bonds is 8. The third kappa shape index (κ3) is 7.48. The molecule has 0 bridgehead atoms. The van der Waals surface area contributed by atoms with Gasteiger partial charge in [-0.1, -0.05) is 12.1 Å². The number of carbonyl (C=O) groups excluding carboxylic acids is 2.